The normalized spacial score (nSPS) is 19.2. The van der Waals surface area contributed by atoms with Crippen LogP contribution in [0, 0.1) is 23.7 Å². The first-order valence-corrected chi connectivity index (χ1v) is 6.52. The second kappa shape index (κ2) is 4.94. The summed E-state index contributed by atoms with van der Waals surface area (Å²) in [6, 6.07) is 2.50. The van der Waals surface area contributed by atoms with Crippen molar-refractivity contribution in [3.05, 3.63) is 16.1 Å². The molecule has 1 aromatic rings. The van der Waals surface area contributed by atoms with Crippen LogP contribution >= 0.6 is 11.3 Å². The van der Waals surface area contributed by atoms with Crippen molar-refractivity contribution in [3.63, 3.8) is 0 Å². The summed E-state index contributed by atoms with van der Waals surface area (Å²) in [5.41, 5.74) is 2.84. The zero-order valence-electron chi connectivity index (χ0n) is 9.53. The molecule has 0 unspecified atom stereocenters. The lowest BCUT2D eigenvalue weighted by atomic mass is 9.77. The Kier molecular flexibility index (Phi) is 3.57. The van der Waals surface area contributed by atoms with E-state index in [2.05, 4.69) is 11.1 Å². The molecule has 4 heteroatoms. The number of hydrogen-bond acceptors (Lipinski definition) is 4. The summed E-state index contributed by atoms with van der Waals surface area (Å²) >= 11 is 1.70. The Morgan fingerprint density at radius 2 is 2.31 bits per heavy atom. The van der Waals surface area contributed by atoms with E-state index >= 15 is 0 Å². The lowest BCUT2D eigenvalue weighted by molar-refractivity contribution is 0.0372. The zero-order chi connectivity index (χ0) is 11.4. The first-order chi connectivity index (χ1) is 7.76. The van der Waals surface area contributed by atoms with E-state index in [0.717, 1.165) is 44.6 Å². The third-order valence-electron chi connectivity index (χ3n) is 3.36. The molecule has 0 N–H and O–H groups in total. The predicted octanol–water partition coefficient (Wildman–Crippen LogP) is 2.70. The van der Waals surface area contributed by atoms with Crippen molar-refractivity contribution >= 4 is 11.3 Å². The second-order valence-corrected chi connectivity index (χ2v) is 5.30. The van der Waals surface area contributed by atoms with Crippen LogP contribution in [-0.2, 0) is 11.2 Å². The lowest BCUT2D eigenvalue weighted by Gasteiger charge is -2.30. The van der Waals surface area contributed by atoms with Gasteiger partial charge in [0.1, 0.15) is 0 Å². The van der Waals surface area contributed by atoms with Crippen molar-refractivity contribution in [1.29, 1.82) is 5.26 Å². The smallest absolute Gasteiger partial charge is 0.0797 e. The molecule has 0 spiro atoms. The van der Waals surface area contributed by atoms with Crippen LogP contribution in [0.5, 0.6) is 0 Å². The molecule has 0 aliphatic carbocycles. The number of aromatic nitrogens is 1. The average Bonchev–Trinajstić information content (AvgIpc) is 2.74. The molecule has 0 radical (unpaired) electrons. The van der Waals surface area contributed by atoms with Gasteiger partial charge in [0.05, 0.1) is 22.7 Å². The molecule has 1 aliphatic rings. The van der Waals surface area contributed by atoms with Crippen LogP contribution in [0.15, 0.2) is 5.51 Å². The standard InChI is InChI=1S/C12H16N2OS/c1-10-11(16-9-14-10)2-3-12(8-13)4-6-15-7-5-12/h9H,2-7H2,1H3. The Balaban J connectivity index is 1.98. The molecule has 1 fully saturated rings. The van der Waals surface area contributed by atoms with Gasteiger partial charge in [-0.3, -0.25) is 0 Å². The summed E-state index contributed by atoms with van der Waals surface area (Å²) in [7, 11) is 0. The molecule has 0 aromatic carbocycles. The molecule has 2 heterocycles. The van der Waals surface area contributed by atoms with Gasteiger partial charge in [-0.15, -0.1) is 11.3 Å². The van der Waals surface area contributed by atoms with Crippen LogP contribution < -0.4 is 0 Å². The van der Waals surface area contributed by atoms with Gasteiger partial charge in [0.15, 0.2) is 0 Å². The van der Waals surface area contributed by atoms with Crippen LogP contribution in [0.2, 0.25) is 0 Å². The van der Waals surface area contributed by atoms with Crippen LogP contribution in [0.4, 0.5) is 0 Å². The number of thiazole rings is 1. The number of rotatable bonds is 3. The topological polar surface area (TPSA) is 45.9 Å². The minimum absolute atomic E-state index is 0.158. The molecule has 0 amide bonds. The molecule has 2 rings (SSSR count). The Morgan fingerprint density at radius 3 is 2.88 bits per heavy atom. The Morgan fingerprint density at radius 1 is 1.56 bits per heavy atom. The Bertz CT molecular complexity index is 388. The first kappa shape index (κ1) is 11.6. The fourth-order valence-corrected chi connectivity index (χ4v) is 2.88. The molecular formula is C12H16N2OS. The number of ether oxygens (including phenoxy) is 1. The molecular weight excluding hydrogens is 220 g/mol. The van der Waals surface area contributed by atoms with E-state index in [-0.39, 0.29) is 5.41 Å². The highest BCUT2D eigenvalue weighted by Crippen LogP contribution is 2.35. The van der Waals surface area contributed by atoms with Crippen LogP contribution in [-0.4, -0.2) is 18.2 Å². The molecule has 0 bridgehead atoms. The summed E-state index contributed by atoms with van der Waals surface area (Å²) < 4.78 is 5.33. The van der Waals surface area contributed by atoms with E-state index in [9.17, 15) is 5.26 Å². The monoisotopic (exact) mass is 236 g/mol. The van der Waals surface area contributed by atoms with E-state index in [4.69, 9.17) is 4.74 Å². The van der Waals surface area contributed by atoms with Gasteiger partial charge >= 0.3 is 0 Å². The predicted molar refractivity (Wildman–Crippen MR) is 63.3 cm³/mol. The second-order valence-electron chi connectivity index (χ2n) is 4.37. The lowest BCUT2D eigenvalue weighted by Crippen LogP contribution is -2.28. The van der Waals surface area contributed by atoms with Crippen molar-refractivity contribution < 1.29 is 4.74 Å². The molecule has 0 atom stereocenters. The largest absolute Gasteiger partial charge is 0.381 e. The summed E-state index contributed by atoms with van der Waals surface area (Å²) in [5.74, 6) is 0. The van der Waals surface area contributed by atoms with E-state index in [1.807, 2.05) is 12.4 Å². The fourth-order valence-electron chi connectivity index (χ4n) is 2.10. The molecule has 86 valence electrons. The molecule has 1 aromatic heterocycles. The van der Waals surface area contributed by atoms with Crippen LogP contribution in [0.25, 0.3) is 0 Å². The third-order valence-corrected chi connectivity index (χ3v) is 4.36. The molecule has 3 nitrogen and oxygen atoms in total. The van der Waals surface area contributed by atoms with Gasteiger partial charge in [0.2, 0.25) is 0 Å². The van der Waals surface area contributed by atoms with E-state index < -0.39 is 0 Å². The van der Waals surface area contributed by atoms with Gasteiger partial charge in [0.25, 0.3) is 0 Å². The highest BCUT2D eigenvalue weighted by molar-refractivity contribution is 7.09. The Labute approximate surface area is 100 Å². The number of nitrogens with zero attached hydrogens (tertiary/aromatic N) is 2. The quantitative estimate of drug-likeness (QED) is 0.810. The van der Waals surface area contributed by atoms with Gasteiger partial charge in [-0.05, 0) is 32.6 Å². The first-order valence-electron chi connectivity index (χ1n) is 5.64. The van der Waals surface area contributed by atoms with Crippen molar-refractivity contribution in [2.24, 2.45) is 5.41 Å². The number of nitriles is 1. The molecule has 1 aliphatic heterocycles. The highest BCUT2D eigenvalue weighted by Gasteiger charge is 2.32. The summed E-state index contributed by atoms with van der Waals surface area (Å²) in [5, 5.41) is 9.32. The summed E-state index contributed by atoms with van der Waals surface area (Å²) in [4.78, 5) is 5.56. The van der Waals surface area contributed by atoms with Crippen molar-refractivity contribution in [1.82, 2.24) is 4.98 Å². The van der Waals surface area contributed by atoms with Gasteiger partial charge in [-0.2, -0.15) is 5.26 Å². The van der Waals surface area contributed by atoms with Crippen molar-refractivity contribution in [2.45, 2.75) is 32.6 Å². The maximum absolute atomic E-state index is 9.32. The summed E-state index contributed by atoms with van der Waals surface area (Å²) in [6.45, 7) is 3.50. The average molecular weight is 236 g/mol. The van der Waals surface area contributed by atoms with Gasteiger partial charge in [-0.25, -0.2) is 4.98 Å². The maximum Gasteiger partial charge on any atom is 0.0797 e. The molecule has 0 saturated carbocycles. The van der Waals surface area contributed by atoms with E-state index in [1.54, 1.807) is 11.3 Å². The van der Waals surface area contributed by atoms with Gasteiger partial charge < -0.3 is 4.74 Å². The Hall–Kier alpha value is -0.920. The maximum atomic E-state index is 9.32. The summed E-state index contributed by atoms with van der Waals surface area (Å²) in [6.07, 6.45) is 3.67. The third kappa shape index (κ3) is 2.42. The van der Waals surface area contributed by atoms with Crippen molar-refractivity contribution in [2.75, 3.05) is 13.2 Å². The highest BCUT2D eigenvalue weighted by atomic mass is 32.1. The van der Waals surface area contributed by atoms with Crippen molar-refractivity contribution in [3.8, 4) is 6.07 Å². The fraction of sp³-hybridized carbons (Fsp3) is 0.667. The number of aryl methyl sites for hydroxylation is 2. The molecule has 16 heavy (non-hydrogen) atoms. The minimum atomic E-state index is -0.158. The minimum Gasteiger partial charge on any atom is -0.381 e. The zero-order valence-corrected chi connectivity index (χ0v) is 10.3. The molecule has 1 saturated heterocycles. The van der Waals surface area contributed by atoms with Crippen LogP contribution in [0.1, 0.15) is 29.8 Å². The SMILES string of the molecule is Cc1ncsc1CCC1(C#N)CCOCC1. The van der Waals surface area contributed by atoms with Crippen LogP contribution in [0.3, 0.4) is 0 Å². The number of hydrogen-bond donors (Lipinski definition) is 0. The van der Waals surface area contributed by atoms with Gasteiger partial charge in [0, 0.05) is 18.1 Å². The van der Waals surface area contributed by atoms with E-state index in [0.29, 0.717) is 0 Å². The van der Waals surface area contributed by atoms with E-state index in [1.165, 1.54) is 4.88 Å². The van der Waals surface area contributed by atoms with Gasteiger partial charge in [-0.1, -0.05) is 0 Å².